The highest BCUT2D eigenvalue weighted by atomic mass is 127. The number of alkyl halides is 2. The maximum atomic E-state index is 12.5. The number of guanidine groups is 1. The summed E-state index contributed by atoms with van der Waals surface area (Å²) in [5.41, 5.74) is 1.52. The summed E-state index contributed by atoms with van der Waals surface area (Å²) >= 11 is 0. The molecule has 1 aliphatic carbocycles. The summed E-state index contributed by atoms with van der Waals surface area (Å²) in [7, 11) is 0. The number of aliphatic hydroxyl groups is 1. The van der Waals surface area contributed by atoms with E-state index in [2.05, 4.69) is 20.4 Å². The molecule has 0 bridgehead atoms. The highest BCUT2D eigenvalue weighted by Crippen LogP contribution is 2.44. The van der Waals surface area contributed by atoms with Gasteiger partial charge in [0.25, 0.3) is 0 Å². The quantitative estimate of drug-likeness (QED) is 0.311. The van der Waals surface area contributed by atoms with Gasteiger partial charge in [-0.25, -0.2) is 4.99 Å². The average Bonchev–Trinajstić information content (AvgIpc) is 3.32. The standard InChI is InChI=1S/C17H25F2N3O2.HI/c1-3-20-16(22-10-17(11-23)6-7-17)21-9-13-8-12(2)4-5-14(13)24-15(18)19;/h4-5,8,15,23H,3,6-7,9-11H2,1-2H3,(H2,20,21,22);1H. The van der Waals surface area contributed by atoms with Crippen LogP contribution in [0.4, 0.5) is 8.78 Å². The summed E-state index contributed by atoms with van der Waals surface area (Å²) in [5, 5.41) is 15.7. The molecular weight excluding hydrogens is 443 g/mol. The van der Waals surface area contributed by atoms with Gasteiger partial charge in [-0.2, -0.15) is 8.78 Å². The smallest absolute Gasteiger partial charge is 0.387 e. The first-order valence-electron chi connectivity index (χ1n) is 8.15. The van der Waals surface area contributed by atoms with Crippen LogP contribution in [0.15, 0.2) is 23.2 Å². The number of nitrogens with zero attached hydrogens (tertiary/aromatic N) is 1. The van der Waals surface area contributed by atoms with E-state index >= 15 is 0 Å². The van der Waals surface area contributed by atoms with Crippen molar-refractivity contribution in [3.05, 3.63) is 29.3 Å². The number of aliphatic hydroxyl groups excluding tert-OH is 1. The summed E-state index contributed by atoms with van der Waals surface area (Å²) in [6.45, 7) is 2.70. The Labute approximate surface area is 164 Å². The van der Waals surface area contributed by atoms with Crippen LogP contribution in [-0.4, -0.2) is 37.4 Å². The van der Waals surface area contributed by atoms with E-state index in [4.69, 9.17) is 0 Å². The van der Waals surface area contributed by atoms with Crippen molar-refractivity contribution in [2.24, 2.45) is 10.4 Å². The molecule has 1 aromatic carbocycles. The number of nitrogens with one attached hydrogen (secondary N) is 2. The minimum Gasteiger partial charge on any atom is -0.434 e. The molecule has 3 N–H and O–H groups in total. The highest BCUT2D eigenvalue weighted by molar-refractivity contribution is 14.0. The Hall–Kier alpha value is -1.16. The van der Waals surface area contributed by atoms with Crippen molar-refractivity contribution in [3.63, 3.8) is 0 Å². The number of benzene rings is 1. The van der Waals surface area contributed by atoms with Gasteiger partial charge in [-0.15, -0.1) is 24.0 Å². The van der Waals surface area contributed by atoms with Gasteiger partial charge in [0.1, 0.15) is 5.75 Å². The van der Waals surface area contributed by atoms with Crippen LogP contribution < -0.4 is 15.4 Å². The van der Waals surface area contributed by atoms with E-state index in [1.54, 1.807) is 12.1 Å². The molecule has 0 unspecified atom stereocenters. The molecule has 5 nitrogen and oxygen atoms in total. The zero-order valence-electron chi connectivity index (χ0n) is 14.5. The number of halogens is 3. The number of rotatable bonds is 8. The lowest BCUT2D eigenvalue weighted by Crippen LogP contribution is -2.41. The van der Waals surface area contributed by atoms with Crippen LogP contribution in [0.2, 0.25) is 0 Å². The van der Waals surface area contributed by atoms with Crippen LogP contribution in [-0.2, 0) is 6.54 Å². The van der Waals surface area contributed by atoms with E-state index in [0.29, 0.717) is 24.6 Å². The van der Waals surface area contributed by atoms with Crippen LogP contribution in [0.1, 0.15) is 30.9 Å². The molecular formula is C17H26F2IN3O2. The minimum atomic E-state index is -2.86. The van der Waals surface area contributed by atoms with Gasteiger partial charge in [0.05, 0.1) is 13.2 Å². The van der Waals surface area contributed by atoms with E-state index < -0.39 is 6.61 Å². The van der Waals surface area contributed by atoms with E-state index in [-0.39, 0.29) is 48.3 Å². The molecule has 142 valence electrons. The summed E-state index contributed by atoms with van der Waals surface area (Å²) < 4.78 is 29.6. The Balaban J connectivity index is 0.00000312. The average molecular weight is 469 g/mol. The van der Waals surface area contributed by atoms with Gasteiger partial charge in [0, 0.05) is 24.1 Å². The lowest BCUT2D eigenvalue weighted by molar-refractivity contribution is -0.0504. The monoisotopic (exact) mass is 469 g/mol. The normalized spacial score (nSPS) is 15.5. The zero-order chi connectivity index (χ0) is 17.6. The number of ether oxygens (including phenoxy) is 1. The third-order valence-corrected chi connectivity index (χ3v) is 4.11. The molecule has 1 aromatic rings. The van der Waals surface area contributed by atoms with Crippen LogP contribution in [0.3, 0.4) is 0 Å². The van der Waals surface area contributed by atoms with Crippen molar-refractivity contribution in [1.29, 1.82) is 0 Å². The molecule has 0 aromatic heterocycles. The van der Waals surface area contributed by atoms with Gasteiger partial charge < -0.3 is 20.5 Å². The molecule has 8 heteroatoms. The number of hydrogen-bond donors (Lipinski definition) is 3. The number of aryl methyl sites for hydroxylation is 1. The molecule has 1 aliphatic rings. The van der Waals surface area contributed by atoms with Crippen molar-refractivity contribution in [3.8, 4) is 5.75 Å². The molecule has 25 heavy (non-hydrogen) atoms. The highest BCUT2D eigenvalue weighted by Gasteiger charge is 2.41. The van der Waals surface area contributed by atoms with Crippen LogP contribution in [0, 0.1) is 12.3 Å². The molecule has 1 saturated carbocycles. The Morgan fingerprint density at radius 3 is 2.64 bits per heavy atom. The predicted molar refractivity (Wildman–Crippen MR) is 105 cm³/mol. The Bertz CT molecular complexity index is 581. The number of hydrogen-bond acceptors (Lipinski definition) is 3. The largest absolute Gasteiger partial charge is 0.434 e. The first kappa shape index (κ1) is 21.9. The zero-order valence-corrected chi connectivity index (χ0v) is 16.8. The molecule has 0 radical (unpaired) electrons. The van der Waals surface area contributed by atoms with Gasteiger partial charge in [-0.1, -0.05) is 17.7 Å². The summed E-state index contributed by atoms with van der Waals surface area (Å²) in [4.78, 5) is 4.45. The van der Waals surface area contributed by atoms with Crippen molar-refractivity contribution >= 4 is 29.9 Å². The first-order valence-corrected chi connectivity index (χ1v) is 8.15. The molecule has 0 amide bonds. The van der Waals surface area contributed by atoms with Gasteiger partial charge in [0.15, 0.2) is 5.96 Å². The first-order chi connectivity index (χ1) is 11.5. The second kappa shape index (κ2) is 10.1. The SMILES string of the molecule is CCNC(=NCc1cc(C)ccc1OC(F)F)NCC1(CO)CC1.I. The molecule has 0 saturated heterocycles. The Kier molecular flexibility index (Phi) is 8.84. The Morgan fingerprint density at radius 2 is 2.08 bits per heavy atom. The van der Waals surface area contributed by atoms with Crippen molar-refractivity contribution in [1.82, 2.24) is 10.6 Å². The van der Waals surface area contributed by atoms with Crippen molar-refractivity contribution in [2.75, 3.05) is 19.7 Å². The fourth-order valence-electron chi connectivity index (χ4n) is 2.39. The van der Waals surface area contributed by atoms with E-state index in [1.807, 2.05) is 13.8 Å². The molecule has 0 atom stereocenters. The molecule has 0 aliphatic heterocycles. The fraction of sp³-hybridized carbons (Fsp3) is 0.588. The molecule has 0 spiro atoms. The lowest BCUT2D eigenvalue weighted by Gasteiger charge is -2.16. The summed E-state index contributed by atoms with van der Waals surface area (Å²) in [6.07, 6.45) is 2.00. The maximum absolute atomic E-state index is 12.5. The van der Waals surface area contributed by atoms with Gasteiger partial charge in [-0.3, -0.25) is 0 Å². The minimum absolute atomic E-state index is 0. The van der Waals surface area contributed by atoms with Gasteiger partial charge in [-0.05, 0) is 32.8 Å². The Morgan fingerprint density at radius 1 is 1.36 bits per heavy atom. The summed E-state index contributed by atoms with van der Waals surface area (Å²) in [5.74, 6) is 0.742. The predicted octanol–water partition coefficient (Wildman–Crippen LogP) is 3.04. The van der Waals surface area contributed by atoms with E-state index in [1.165, 1.54) is 6.07 Å². The molecule has 1 fully saturated rings. The van der Waals surface area contributed by atoms with Crippen LogP contribution >= 0.6 is 24.0 Å². The molecule has 2 rings (SSSR count). The third kappa shape index (κ3) is 6.93. The number of aliphatic imine (C=N–C) groups is 1. The van der Waals surface area contributed by atoms with Gasteiger partial charge in [0.2, 0.25) is 0 Å². The second-order valence-corrected chi connectivity index (χ2v) is 6.20. The second-order valence-electron chi connectivity index (χ2n) is 6.20. The lowest BCUT2D eigenvalue weighted by atomic mass is 10.1. The summed E-state index contributed by atoms with van der Waals surface area (Å²) in [6, 6.07) is 5.06. The maximum Gasteiger partial charge on any atom is 0.387 e. The van der Waals surface area contributed by atoms with E-state index in [9.17, 15) is 13.9 Å². The fourth-order valence-corrected chi connectivity index (χ4v) is 2.39. The van der Waals surface area contributed by atoms with Gasteiger partial charge >= 0.3 is 6.61 Å². The third-order valence-electron chi connectivity index (χ3n) is 4.11. The van der Waals surface area contributed by atoms with E-state index in [0.717, 1.165) is 18.4 Å². The molecule has 0 heterocycles. The van der Waals surface area contributed by atoms with Crippen molar-refractivity contribution < 1.29 is 18.6 Å². The van der Waals surface area contributed by atoms with Crippen LogP contribution in [0.25, 0.3) is 0 Å². The topological polar surface area (TPSA) is 65.9 Å². The van der Waals surface area contributed by atoms with Crippen molar-refractivity contribution in [2.45, 2.75) is 39.8 Å². The van der Waals surface area contributed by atoms with Crippen LogP contribution in [0.5, 0.6) is 5.75 Å².